The van der Waals surface area contributed by atoms with Gasteiger partial charge in [-0.15, -0.1) is 0 Å². The lowest BCUT2D eigenvalue weighted by atomic mass is 10.2. The van der Waals surface area contributed by atoms with Crippen LogP contribution < -0.4 is 20.7 Å². The van der Waals surface area contributed by atoms with Crippen molar-refractivity contribution in [3.8, 4) is 17.3 Å². The molecule has 0 unspecified atom stereocenters. The molecule has 0 fully saturated rings. The van der Waals surface area contributed by atoms with Gasteiger partial charge in [0.25, 0.3) is 0 Å². The summed E-state index contributed by atoms with van der Waals surface area (Å²) in [6.07, 6.45) is 2.60. The van der Waals surface area contributed by atoms with Crippen LogP contribution in [-0.4, -0.2) is 45.6 Å². The van der Waals surface area contributed by atoms with Crippen molar-refractivity contribution in [3.63, 3.8) is 0 Å². The lowest BCUT2D eigenvalue weighted by Gasteiger charge is -2.10. The normalized spacial score (nSPS) is 13.1. The summed E-state index contributed by atoms with van der Waals surface area (Å²) in [4.78, 5) is 21.4. The molecule has 1 aliphatic heterocycles. The number of aromatic nitrogens is 5. The lowest BCUT2D eigenvalue weighted by molar-refractivity contribution is 0.399. The van der Waals surface area contributed by atoms with Gasteiger partial charge in [-0.05, 0) is 13.0 Å². The number of hydrogen-bond donors (Lipinski definition) is 4. The first kappa shape index (κ1) is 17.2. The third-order valence-corrected chi connectivity index (χ3v) is 4.37. The number of anilines is 3. The molecule has 4 heterocycles. The largest absolute Gasteiger partial charge is 0.480 e. The number of nitrogens with one attached hydrogen (secondary N) is 4. The average molecular weight is 366 g/mol. The van der Waals surface area contributed by atoms with Gasteiger partial charge in [0, 0.05) is 38.3 Å². The van der Waals surface area contributed by atoms with Gasteiger partial charge in [-0.25, -0.2) is 15.0 Å². The predicted octanol–water partition coefficient (Wildman–Crippen LogP) is 2.01. The zero-order valence-corrected chi connectivity index (χ0v) is 15.6. The van der Waals surface area contributed by atoms with Crippen molar-refractivity contribution >= 4 is 17.5 Å². The van der Waals surface area contributed by atoms with E-state index < -0.39 is 0 Å². The molecule has 0 radical (unpaired) electrons. The Labute approximate surface area is 157 Å². The Morgan fingerprint density at radius 2 is 2.07 bits per heavy atom. The van der Waals surface area contributed by atoms with Gasteiger partial charge in [0.2, 0.25) is 11.8 Å². The Morgan fingerprint density at radius 3 is 2.85 bits per heavy atom. The van der Waals surface area contributed by atoms with E-state index in [0.717, 1.165) is 59.5 Å². The van der Waals surface area contributed by atoms with Gasteiger partial charge in [0.05, 0.1) is 35.9 Å². The molecule has 3 aromatic heterocycles. The molecule has 0 saturated heterocycles. The number of methoxy groups -OCH3 is 1. The van der Waals surface area contributed by atoms with E-state index in [1.807, 2.05) is 26.1 Å². The zero-order valence-electron chi connectivity index (χ0n) is 15.6. The van der Waals surface area contributed by atoms with E-state index in [1.165, 1.54) is 0 Å². The molecule has 0 bridgehead atoms. The van der Waals surface area contributed by atoms with Gasteiger partial charge >= 0.3 is 0 Å². The first-order chi connectivity index (χ1) is 13.2. The van der Waals surface area contributed by atoms with E-state index in [9.17, 15) is 0 Å². The van der Waals surface area contributed by atoms with Crippen LogP contribution in [-0.2, 0) is 13.0 Å². The molecule has 9 heteroatoms. The Kier molecular flexibility index (Phi) is 4.59. The molecule has 3 aromatic rings. The van der Waals surface area contributed by atoms with Gasteiger partial charge in [0.1, 0.15) is 11.6 Å². The molecule has 0 atom stereocenters. The predicted molar refractivity (Wildman–Crippen MR) is 103 cm³/mol. The van der Waals surface area contributed by atoms with Crippen LogP contribution in [0.3, 0.4) is 0 Å². The highest BCUT2D eigenvalue weighted by molar-refractivity contribution is 5.69. The Bertz CT molecular complexity index is 944. The van der Waals surface area contributed by atoms with Crippen LogP contribution in [0.15, 0.2) is 18.3 Å². The summed E-state index contributed by atoms with van der Waals surface area (Å²) in [5, 5.41) is 9.58. The highest BCUT2D eigenvalue weighted by Crippen LogP contribution is 2.30. The van der Waals surface area contributed by atoms with Crippen LogP contribution in [0.1, 0.15) is 17.1 Å². The van der Waals surface area contributed by atoms with Crippen LogP contribution in [0.4, 0.5) is 17.5 Å². The third kappa shape index (κ3) is 3.54. The Balaban J connectivity index is 1.69. The summed E-state index contributed by atoms with van der Waals surface area (Å²) >= 11 is 0. The minimum absolute atomic E-state index is 0.500. The molecule has 27 heavy (non-hydrogen) atoms. The number of rotatable bonds is 5. The fourth-order valence-electron chi connectivity index (χ4n) is 3.08. The molecule has 4 N–H and O–H groups in total. The summed E-state index contributed by atoms with van der Waals surface area (Å²) in [7, 11) is 3.43. The van der Waals surface area contributed by atoms with Crippen molar-refractivity contribution in [2.24, 2.45) is 0 Å². The lowest BCUT2D eigenvalue weighted by Crippen LogP contribution is -2.23. The fraction of sp³-hybridized carbons (Fsp3) is 0.333. The van der Waals surface area contributed by atoms with E-state index in [-0.39, 0.29) is 0 Å². The van der Waals surface area contributed by atoms with Gasteiger partial charge in [-0.3, -0.25) is 0 Å². The van der Waals surface area contributed by atoms with E-state index in [2.05, 4.69) is 35.9 Å². The minimum Gasteiger partial charge on any atom is -0.480 e. The summed E-state index contributed by atoms with van der Waals surface area (Å²) in [5.74, 6) is 2.51. The standard InChI is InChI=1S/C18H22N8O/c1-10-6-15(19-2)26-18(22-10)23-11-7-12(17(27-3)21-8-11)16-24-13-4-5-20-9-14(13)25-16/h6-8,20H,4-5,9H2,1-3H3,(H,24,25)(H2,19,22,23,26). The van der Waals surface area contributed by atoms with Crippen LogP contribution in [0.5, 0.6) is 5.88 Å². The average Bonchev–Trinajstić information content (AvgIpc) is 3.11. The quantitative estimate of drug-likeness (QED) is 0.542. The Morgan fingerprint density at radius 1 is 1.19 bits per heavy atom. The molecule has 0 aromatic carbocycles. The van der Waals surface area contributed by atoms with Crippen LogP contribution in [0, 0.1) is 6.92 Å². The van der Waals surface area contributed by atoms with E-state index >= 15 is 0 Å². The number of imidazole rings is 1. The van der Waals surface area contributed by atoms with Gasteiger partial charge in [-0.2, -0.15) is 4.98 Å². The van der Waals surface area contributed by atoms with Gasteiger partial charge in [-0.1, -0.05) is 0 Å². The number of aromatic amines is 1. The highest BCUT2D eigenvalue weighted by atomic mass is 16.5. The molecule has 0 spiro atoms. The minimum atomic E-state index is 0.500. The number of ether oxygens (including phenoxy) is 1. The van der Waals surface area contributed by atoms with Crippen molar-refractivity contribution < 1.29 is 4.74 Å². The van der Waals surface area contributed by atoms with E-state index in [0.29, 0.717) is 11.8 Å². The van der Waals surface area contributed by atoms with Crippen LogP contribution in [0.2, 0.25) is 0 Å². The van der Waals surface area contributed by atoms with Crippen LogP contribution in [0.25, 0.3) is 11.4 Å². The first-order valence-corrected chi connectivity index (χ1v) is 8.79. The molecule has 0 saturated carbocycles. The number of nitrogens with zero attached hydrogens (tertiary/aromatic N) is 4. The number of fused-ring (bicyclic) bond motifs is 1. The van der Waals surface area contributed by atoms with E-state index in [1.54, 1.807) is 13.3 Å². The van der Waals surface area contributed by atoms with Crippen molar-refractivity contribution in [1.29, 1.82) is 0 Å². The zero-order chi connectivity index (χ0) is 18.8. The topological polar surface area (TPSA) is 113 Å². The number of hydrogen-bond acceptors (Lipinski definition) is 8. The van der Waals surface area contributed by atoms with Gasteiger partial charge in [0.15, 0.2) is 0 Å². The molecular formula is C18H22N8O. The highest BCUT2D eigenvalue weighted by Gasteiger charge is 2.18. The number of H-pyrrole nitrogens is 1. The molecule has 1 aliphatic rings. The van der Waals surface area contributed by atoms with Crippen molar-refractivity contribution in [2.75, 3.05) is 31.3 Å². The summed E-state index contributed by atoms with van der Waals surface area (Å²) in [6, 6.07) is 3.82. The summed E-state index contributed by atoms with van der Waals surface area (Å²) in [5.41, 5.74) is 4.61. The monoisotopic (exact) mass is 366 g/mol. The molecule has 0 amide bonds. The molecule has 0 aliphatic carbocycles. The van der Waals surface area contributed by atoms with Crippen molar-refractivity contribution in [3.05, 3.63) is 35.4 Å². The SMILES string of the molecule is CNc1cc(C)nc(Nc2cnc(OC)c(-c3nc4c([nH]3)CNCC4)c2)n1. The fourth-order valence-corrected chi connectivity index (χ4v) is 3.08. The number of pyridine rings is 1. The second-order valence-corrected chi connectivity index (χ2v) is 6.31. The molecule has 140 valence electrons. The maximum absolute atomic E-state index is 5.44. The van der Waals surface area contributed by atoms with Crippen molar-refractivity contribution in [1.82, 2.24) is 30.2 Å². The first-order valence-electron chi connectivity index (χ1n) is 8.79. The smallest absolute Gasteiger partial charge is 0.229 e. The van der Waals surface area contributed by atoms with E-state index in [4.69, 9.17) is 9.72 Å². The maximum atomic E-state index is 5.44. The van der Waals surface area contributed by atoms with Gasteiger partial charge < -0.3 is 25.7 Å². The summed E-state index contributed by atoms with van der Waals surface area (Å²) in [6.45, 7) is 3.65. The Hall–Kier alpha value is -3.20. The second-order valence-electron chi connectivity index (χ2n) is 6.31. The molecular weight excluding hydrogens is 344 g/mol. The third-order valence-electron chi connectivity index (χ3n) is 4.37. The maximum Gasteiger partial charge on any atom is 0.229 e. The number of aryl methyl sites for hydroxylation is 1. The second kappa shape index (κ2) is 7.20. The summed E-state index contributed by atoms with van der Waals surface area (Å²) < 4.78 is 5.44. The van der Waals surface area contributed by atoms with Crippen molar-refractivity contribution in [2.45, 2.75) is 19.9 Å². The molecule has 4 rings (SSSR count). The van der Waals surface area contributed by atoms with Crippen LogP contribution >= 0.6 is 0 Å². The molecule has 9 nitrogen and oxygen atoms in total.